The van der Waals surface area contributed by atoms with Crippen molar-refractivity contribution >= 4 is 28.9 Å². The van der Waals surface area contributed by atoms with Crippen molar-refractivity contribution in [1.82, 2.24) is 14.6 Å². The molecule has 0 radical (unpaired) electrons. The number of carbonyl (C=O) groups is 1. The van der Waals surface area contributed by atoms with Crippen LogP contribution in [0.1, 0.15) is 27.2 Å². The SMILES string of the molecule is Cc1cccc(Nc2c(C)nc3c(C(=O)O)cc(N4CCOCC4)nn23)c1C. The Bertz CT molecular complexity index is 1050. The van der Waals surface area contributed by atoms with E-state index in [-0.39, 0.29) is 5.56 Å². The summed E-state index contributed by atoms with van der Waals surface area (Å²) < 4.78 is 7.00. The predicted molar refractivity (Wildman–Crippen MR) is 107 cm³/mol. The third kappa shape index (κ3) is 3.16. The maximum atomic E-state index is 11.9. The second-order valence-corrected chi connectivity index (χ2v) is 6.97. The van der Waals surface area contributed by atoms with E-state index in [9.17, 15) is 9.90 Å². The lowest BCUT2D eigenvalue weighted by molar-refractivity contribution is 0.0698. The summed E-state index contributed by atoms with van der Waals surface area (Å²) in [6.45, 7) is 8.49. The number of ether oxygens (including phenoxy) is 1. The van der Waals surface area contributed by atoms with Crippen LogP contribution in [0.25, 0.3) is 5.65 Å². The van der Waals surface area contributed by atoms with Crippen LogP contribution in [0.5, 0.6) is 0 Å². The van der Waals surface area contributed by atoms with Crippen LogP contribution < -0.4 is 10.2 Å². The lowest BCUT2D eigenvalue weighted by Gasteiger charge is -2.28. The van der Waals surface area contributed by atoms with E-state index >= 15 is 0 Å². The molecule has 8 nitrogen and oxygen atoms in total. The molecule has 1 aromatic carbocycles. The molecule has 0 unspecified atom stereocenters. The van der Waals surface area contributed by atoms with Gasteiger partial charge in [-0.05, 0) is 38.0 Å². The Labute approximate surface area is 162 Å². The number of imidazole rings is 1. The Morgan fingerprint density at radius 1 is 1.21 bits per heavy atom. The first-order valence-corrected chi connectivity index (χ1v) is 9.25. The monoisotopic (exact) mass is 381 g/mol. The van der Waals surface area contributed by atoms with Gasteiger partial charge in [-0.15, -0.1) is 5.10 Å². The summed E-state index contributed by atoms with van der Waals surface area (Å²) in [5.41, 5.74) is 4.39. The third-order valence-corrected chi connectivity index (χ3v) is 5.17. The van der Waals surface area contributed by atoms with E-state index in [1.54, 1.807) is 10.6 Å². The minimum absolute atomic E-state index is 0.133. The fourth-order valence-corrected chi connectivity index (χ4v) is 3.38. The molecular formula is C20H23N5O3. The van der Waals surface area contributed by atoms with Crippen molar-refractivity contribution in [3.8, 4) is 0 Å². The second kappa shape index (κ2) is 7.12. The van der Waals surface area contributed by atoms with E-state index in [0.29, 0.717) is 49.3 Å². The average molecular weight is 381 g/mol. The molecule has 0 spiro atoms. The third-order valence-electron chi connectivity index (χ3n) is 5.17. The van der Waals surface area contributed by atoms with Gasteiger partial charge in [0.15, 0.2) is 17.3 Å². The lowest BCUT2D eigenvalue weighted by Crippen LogP contribution is -2.37. The smallest absolute Gasteiger partial charge is 0.339 e. The maximum absolute atomic E-state index is 11.9. The number of hydrogen-bond acceptors (Lipinski definition) is 6. The van der Waals surface area contributed by atoms with Gasteiger partial charge in [0.2, 0.25) is 0 Å². The fraction of sp³-hybridized carbons (Fsp3) is 0.350. The zero-order chi connectivity index (χ0) is 19.8. The number of aromatic nitrogens is 3. The highest BCUT2D eigenvalue weighted by Crippen LogP contribution is 2.28. The van der Waals surface area contributed by atoms with Crippen molar-refractivity contribution in [3.05, 3.63) is 46.6 Å². The zero-order valence-electron chi connectivity index (χ0n) is 16.2. The fourth-order valence-electron chi connectivity index (χ4n) is 3.38. The van der Waals surface area contributed by atoms with Crippen molar-refractivity contribution < 1.29 is 14.6 Å². The first-order chi connectivity index (χ1) is 13.5. The quantitative estimate of drug-likeness (QED) is 0.718. The number of morpholine rings is 1. The summed E-state index contributed by atoms with van der Waals surface area (Å²) in [5, 5.41) is 17.8. The summed E-state index contributed by atoms with van der Waals surface area (Å²) in [4.78, 5) is 18.4. The van der Waals surface area contributed by atoms with Crippen LogP contribution in [-0.4, -0.2) is 52.0 Å². The molecule has 8 heteroatoms. The van der Waals surface area contributed by atoms with Crippen molar-refractivity contribution in [2.75, 3.05) is 36.5 Å². The highest BCUT2D eigenvalue weighted by Gasteiger charge is 2.22. The number of fused-ring (bicyclic) bond motifs is 1. The van der Waals surface area contributed by atoms with Gasteiger partial charge in [0.1, 0.15) is 5.56 Å². The molecule has 0 aliphatic carbocycles. The van der Waals surface area contributed by atoms with Crippen LogP contribution >= 0.6 is 0 Å². The Kier molecular flexibility index (Phi) is 4.64. The van der Waals surface area contributed by atoms with Crippen LogP contribution in [0.3, 0.4) is 0 Å². The van der Waals surface area contributed by atoms with Crippen molar-refractivity contribution in [3.63, 3.8) is 0 Å². The molecule has 1 fully saturated rings. The summed E-state index contributed by atoms with van der Waals surface area (Å²) in [6, 6.07) is 7.62. The number of nitrogens with zero attached hydrogens (tertiary/aromatic N) is 4. The normalized spacial score (nSPS) is 14.5. The molecule has 1 aliphatic heterocycles. The van der Waals surface area contributed by atoms with Crippen LogP contribution in [0.2, 0.25) is 0 Å². The van der Waals surface area contributed by atoms with E-state index in [4.69, 9.17) is 9.84 Å². The molecule has 1 saturated heterocycles. The van der Waals surface area contributed by atoms with E-state index in [2.05, 4.69) is 23.3 Å². The van der Waals surface area contributed by atoms with Gasteiger partial charge >= 0.3 is 5.97 Å². The number of aromatic carboxylic acids is 1. The van der Waals surface area contributed by atoms with Crippen LogP contribution in [0.4, 0.5) is 17.3 Å². The van der Waals surface area contributed by atoms with Crippen molar-refractivity contribution in [2.24, 2.45) is 0 Å². The molecule has 0 amide bonds. The zero-order valence-corrected chi connectivity index (χ0v) is 16.2. The number of anilines is 3. The van der Waals surface area contributed by atoms with Crippen LogP contribution in [0.15, 0.2) is 24.3 Å². The predicted octanol–water partition coefficient (Wildman–Crippen LogP) is 2.93. The van der Waals surface area contributed by atoms with Gasteiger partial charge < -0.3 is 20.1 Å². The van der Waals surface area contributed by atoms with Gasteiger partial charge in [-0.3, -0.25) is 0 Å². The molecule has 146 valence electrons. The highest BCUT2D eigenvalue weighted by atomic mass is 16.5. The van der Waals surface area contributed by atoms with Gasteiger partial charge in [0, 0.05) is 24.8 Å². The second-order valence-electron chi connectivity index (χ2n) is 6.97. The van der Waals surface area contributed by atoms with Gasteiger partial charge in [-0.1, -0.05) is 12.1 Å². The summed E-state index contributed by atoms with van der Waals surface area (Å²) in [6.07, 6.45) is 0. The van der Waals surface area contributed by atoms with E-state index in [1.165, 1.54) is 5.56 Å². The standard InChI is InChI=1S/C20H23N5O3/c1-12-5-4-6-16(13(12)2)22-18-14(3)21-19-15(20(26)27)11-17(23-25(18)19)24-7-9-28-10-8-24/h4-6,11,22H,7-10H2,1-3H3,(H,26,27). The summed E-state index contributed by atoms with van der Waals surface area (Å²) in [7, 11) is 0. The molecule has 3 aromatic rings. The molecule has 4 rings (SSSR count). The molecule has 0 atom stereocenters. The van der Waals surface area contributed by atoms with Gasteiger partial charge in [-0.2, -0.15) is 4.52 Å². The van der Waals surface area contributed by atoms with Gasteiger partial charge in [0.05, 0.1) is 18.9 Å². The average Bonchev–Trinajstić information content (AvgIpc) is 3.00. The number of nitrogens with one attached hydrogen (secondary N) is 1. The molecule has 2 aromatic heterocycles. The minimum Gasteiger partial charge on any atom is -0.478 e. The Balaban J connectivity index is 1.86. The highest BCUT2D eigenvalue weighted by molar-refractivity contribution is 5.95. The van der Waals surface area contributed by atoms with E-state index in [1.807, 2.05) is 30.9 Å². The summed E-state index contributed by atoms with van der Waals surface area (Å²) in [5.74, 6) is 0.251. The van der Waals surface area contributed by atoms with Crippen LogP contribution in [-0.2, 0) is 4.74 Å². The molecular weight excluding hydrogens is 358 g/mol. The Morgan fingerprint density at radius 2 is 1.96 bits per heavy atom. The lowest BCUT2D eigenvalue weighted by atomic mass is 10.1. The molecule has 0 saturated carbocycles. The first-order valence-electron chi connectivity index (χ1n) is 9.25. The number of hydrogen-bond donors (Lipinski definition) is 2. The minimum atomic E-state index is -1.02. The summed E-state index contributed by atoms with van der Waals surface area (Å²) >= 11 is 0. The van der Waals surface area contributed by atoms with Crippen LogP contribution in [0, 0.1) is 20.8 Å². The number of benzene rings is 1. The number of aryl methyl sites for hydroxylation is 2. The van der Waals surface area contributed by atoms with E-state index < -0.39 is 5.97 Å². The van der Waals surface area contributed by atoms with Crippen molar-refractivity contribution in [2.45, 2.75) is 20.8 Å². The van der Waals surface area contributed by atoms with Gasteiger partial charge in [0.25, 0.3) is 0 Å². The van der Waals surface area contributed by atoms with Gasteiger partial charge in [-0.25, -0.2) is 9.78 Å². The van der Waals surface area contributed by atoms with Crippen molar-refractivity contribution in [1.29, 1.82) is 0 Å². The molecule has 0 bridgehead atoms. The molecule has 3 heterocycles. The molecule has 1 aliphatic rings. The topological polar surface area (TPSA) is 92.0 Å². The Morgan fingerprint density at radius 3 is 2.68 bits per heavy atom. The molecule has 2 N–H and O–H groups in total. The Hall–Kier alpha value is -3.13. The number of carboxylic acid groups (broad SMARTS) is 1. The molecule has 28 heavy (non-hydrogen) atoms. The number of carboxylic acids is 1. The van der Waals surface area contributed by atoms with E-state index in [0.717, 1.165) is 11.3 Å². The number of rotatable bonds is 4. The largest absolute Gasteiger partial charge is 0.478 e. The maximum Gasteiger partial charge on any atom is 0.339 e. The first kappa shape index (κ1) is 18.2.